The maximum atomic E-state index is 10.3. The molecule has 0 fully saturated rings. The van der Waals surface area contributed by atoms with E-state index in [4.69, 9.17) is 15.3 Å². The molecule has 70 valence electrons. The number of carboxylic acids is 1. The van der Waals surface area contributed by atoms with Crippen molar-refractivity contribution >= 4 is 5.97 Å². The topological polar surface area (TPSA) is 77.8 Å². The molecule has 0 saturated carbocycles. The third-order valence-corrected chi connectivity index (χ3v) is 1.40. The summed E-state index contributed by atoms with van der Waals surface area (Å²) in [6, 6.07) is 0. The van der Waals surface area contributed by atoms with Crippen LogP contribution in [0.4, 0.5) is 0 Å². The first kappa shape index (κ1) is 11.1. The Morgan fingerprint density at radius 1 is 1.50 bits per heavy atom. The Morgan fingerprint density at radius 2 is 2.00 bits per heavy atom. The summed E-state index contributed by atoms with van der Waals surface area (Å²) in [5.41, 5.74) is -0.0616. The van der Waals surface area contributed by atoms with Crippen LogP contribution in [0.25, 0.3) is 0 Å². The molecule has 0 aliphatic rings. The Kier molecular flexibility index (Phi) is 3.92. The van der Waals surface area contributed by atoms with Crippen molar-refractivity contribution in [2.24, 2.45) is 0 Å². The van der Waals surface area contributed by atoms with Gasteiger partial charge in [0.25, 0.3) is 0 Å². The largest absolute Gasteiger partial charge is 0.478 e. The van der Waals surface area contributed by atoms with Crippen LogP contribution in [0.15, 0.2) is 11.6 Å². The molecule has 0 aromatic carbocycles. The summed E-state index contributed by atoms with van der Waals surface area (Å²) in [6.45, 7) is 3.10. The second kappa shape index (κ2) is 4.23. The van der Waals surface area contributed by atoms with E-state index in [0.29, 0.717) is 6.42 Å². The minimum Gasteiger partial charge on any atom is -0.478 e. The van der Waals surface area contributed by atoms with Gasteiger partial charge in [0.05, 0.1) is 0 Å². The standard InChI is InChI=1S/C8H14O4/c1-3-4-8(11,12)5-6(2)7(9)10/h5,11-12H,3-4H2,1-2H3,(H,9,10). The molecule has 0 spiro atoms. The van der Waals surface area contributed by atoms with E-state index in [0.717, 1.165) is 6.08 Å². The molecule has 0 aromatic heterocycles. The van der Waals surface area contributed by atoms with Crippen molar-refractivity contribution in [3.63, 3.8) is 0 Å². The lowest BCUT2D eigenvalue weighted by Gasteiger charge is -2.16. The maximum Gasteiger partial charge on any atom is 0.331 e. The van der Waals surface area contributed by atoms with Crippen LogP contribution in [0.3, 0.4) is 0 Å². The van der Waals surface area contributed by atoms with Crippen molar-refractivity contribution in [1.29, 1.82) is 0 Å². The van der Waals surface area contributed by atoms with Crippen LogP contribution in [-0.2, 0) is 4.79 Å². The molecule has 0 bridgehead atoms. The third kappa shape index (κ3) is 4.10. The summed E-state index contributed by atoms with van der Waals surface area (Å²) in [4.78, 5) is 10.3. The van der Waals surface area contributed by atoms with Gasteiger partial charge in [0, 0.05) is 12.0 Å². The number of aliphatic carboxylic acids is 1. The summed E-state index contributed by atoms with van der Waals surface area (Å²) in [7, 11) is 0. The zero-order valence-electron chi connectivity index (χ0n) is 7.24. The number of hydrogen-bond acceptors (Lipinski definition) is 3. The highest BCUT2D eigenvalue weighted by Gasteiger charge is 2.19. The van der Waals surface area contributed by atoms with Gasteiger partial charge in [0.1, 0.15) is 0 Å². The van der Waals surface area contributed by atoms with Crippen molar-refractivity contribution in [2.45, 2.75) is 32.5 Å². The highest BCUT2D eigenvalue weighted by molar-refractivity contribution is 5.85. The highest BCUT2D eigenvalue weighted by atomic mass is 16.5. The molecule has 0 radical (unpaired) electrons. The van der Waals surface area contributed by atoms with Crippen LogP contribution in [0.1, 0.15) is 26.7 Å². The van der Waals surface area contributed by atoms with E-state index < -0.39 is 11.8 Å². The van der Waals surface area contributed by atoms with E-state index in [1.54, 1.807) is 6.92 Å². The fourth-order valence-corrected chi connectivity index (χ4v) is 0.849. The highest BCUT2D eigenvalue weighted by Crippen LogP contribution is 2.12. The molecular weight excluding hydrogens is 160 g/mol. The van der Waals surface area contributed by atoms with E-state index >= 15 is 0 Å². The molecule has 0 aliphatic carbocycles. The molecule has 0 amide bonds. The fourth-order valence-electron chi connectivity index (χ4n) is 0.849. The normalized spacial score (nSPS) is 13.2. The van der Waals surface area contributed by atoms with Crippen molar-refractivity contribution in [3.05, 3.63) is 11.6 Å². The van der Waals surface area contributed by atoms with Crippen LogP contribution in [0, 0.1) is 0 Å². The second-order valence-corrected chi connectivity index (χ2v) is 2.76. The van der Waals surface area contributed by atoms with Crippen LogP contribution in [0.2, 0.25) is 0 Å². The minimum atomic E-state index is -1.99. The van der Waals surface area contributed by atoms with Gasteiger partial charge in [-0.2, -0.15) is 0 Å². The minimum absolute atomic E-state index is 0.0616. The summed E-state index contributed by atoms with van der Waals surface area (Å²) in [5, 5.41) is 26.7. The van der Waals surface area contributed by atoms with Gasteiger partial charge in [-0.25, -0.2) is 4.79 Å². The molecule has 0 rings (SSSR count). The van der Waals surface area contributed by atoms with Gasteiger partial charge in [-0.05, 0) is 13.0 Å². The maximum absolute atomic E-state index is 10.3. The molecule has 0 atom stereocenters. The molecule has 0 saturated heterocycles. The first-order chi connectivity index (χ1) is 5.39. The Bertz CT molecular complexity index is 193. The van der Waals surface area contributed by atoms with E-state index in [2.05, 4.69) is 0 Å². The Labute approximate surface area is 71.1 Å². The third-order valence-electron chi connectivity index (χ3n) is 1.40. The molecule has 0 heterocycles. The molecule has 3 N–H and O–H groups in total. The zero-order valence-corrected chi connectivity index (χ0v) is 7.24. The average molecular weight is 174 g/mol. The summed E-state index contributed by atoms with van der Waals surface area (Å²) < 4.78 is 0. The lowest BCUT2D eigenvalue weighted by molar-refractivity contribution is -0.136. The predicted molar refractivity (Wildman–Crippen MR) is 43.5 cm³/mol. The molecule has 4 nitrogen and oxygen atoms in total. The van der Waals surface area contributed by atoms with Gasteiger partial charge in [-0.15, -0.1) is 0 Å². The smallest absolute Gasteiger partial charge is 0.331 e. The lowest BCUT2D eigenvalue weighted by Crippen LogP contribution is -2.25. The van der Waals surface area contributed by atoms with Crippen LogP contribution in [0.5, 0.6) is 0 Å². The Morgan fingerprint density at radius 3 is 2.33 bits per heavy atom. The van der Waals surface area contributed by atoms with Crippen molar-refractivity contribution in [3.8, 4) is 0 Å². The first-order valence-corrected chi connectivity index (χ1v) is 3.76. The van der Waals surface area contributed by atoms with Gasteiger partial charge in [-0.1, -0.05) is 13.3 Å². The van der Waals surface area contributed by atoms with Gasteiger partial charge >= 0.3 is 5.97 Å². The quantitative estimate of drug-likeness (QED) is 0.428. The van der Waals surface area contributed by atoms with E-state index in [1.807, 2.05) is 0 Å². The van der Waals surface area contributed by atoms with Crippen molar-refractivity contribution < 1.29 is 20.1 Å². The molecule has 0 aliphatic heterocycles. The van der Waals surface area contributed by atoms with E-state index in [-0.39, 0.29) is 12.0 Å². The zero-order chi connectivity index (χ0) is 9.78. The Balaban J connectivity index is 4.38. The van der Waals surface area contributed by atoms with Crippen LogP contribution < -0.4 is 0 Å². The SMILES string of the molecule is CCCC(O)(O)C=C(C)C(=O)O. The van der Waals surface area contributed by atoms with E-state index in [1.165, 1.54) is 6.92 Å². The van der Waals surface area contributed by atoms with Gasteiger partial charge in [0.2, 0.25) is 0 Å². The van der Waals surface area contributed by atoms with Gasteiger partial charge in [0.15, 0.2) is 5.79 Å². The molecule has 12 heavy (non-hydrogen) atoms. The monoisotopic (exact) mass is 174 g/mol. The fraction of sp³-hybridized carbons (Fsp3) is 0.625. The number of rotatable bonds is 4. The molecule has 0 aromatic rings. The first-order valence-electron chi connectivity index (χ1n) is 3.76. The summed E-state index contributed by atoms with van der Waals surface area (Å²) in [5.74, 6) is -3.13. The number of carbonyl (C=O) groups is 1. The van der Waals surface area contributed by atoms with Gasteiger partial charge < -0.3 is 15.3 Å². The molecule has 4 heteroatoms. The summed E-state index contributed by atoms with van der Waals surface area (Å²) >= 11 is 0. The number of hydrogen-bond donors (Lipinski definition) is 3. The Hall–Kier alpha value is -0.870. The number of aliphatic hydroxyl groups is 2. The van der Waals surface area contributed by atoms with E-state index in [9.17, 15) is 4.79 Å². The van der Waals surface area contributed by atoms with Gasteiger partial charge in [-0.3, -0.25) is 0 Å². The second-order valence-electron chi connectivity index (χ2n) is 2.76. The lowest BCUT2D eigenvalue weighted by atomic mass is 10.1. The van der Waals surface area contributed by atoms with Crippen molar-refractivity contribution in [2.75, 3.05) is 0 Å². The van der Waals surface area contributed by atoms with Crippen LogP contribution >= 0.6 is 0 Å². The predicted octanol–water partition coefficient (Wildman–Crippen LogP) is 0.498. The summed E-state index contributed by atoms with van der Waals surface area (Å²) in [6.07, 6.45) is 1.66. The average Bonchev–Trinajstić information content (AvgIpc) is 1.85. The van der Waals surface area contributed by atoms with Crippen LogP contribution in [-0.4, -0.2) is 27.1 Å². The van der Waals surface area contributed by atoms with Crippen molar-refractivity contribution in [1.82, 2.24) is 0 Å². The molecule has 0 unspecified atom stereocenters. The number of carboxylic acid groups (broad SMARTS) is 1. The molecular formula is C8H14O4.